The van der Waals surface area contributed by atoms with Crippen molar-refractivity contribution in [1.82, 2.24) is 0 Å². The molecule has 0 saturated heterocycles. The van der Waals surface area contributed by atoms with Gasteiger partial charge in [-0.2, -0.15) is 0 Å². The fraction of sp³-hybridized carbons (Fsp3) is 0. The van der Waals surface area contributed by atoms with Gasteiger partial charge in [-0.05, 0) is 35.5 Å². The molecule has 0 amide bonds. The van der Waals surface area contributed by atoms with Gasteiger partial charge in [0.2, 0.25) is 0 Å². The molecule has 0 aromatic heterocycles. The maximum absolute atomic E-state index is 4.97. The smallest absolute Gasteiger partial charge is 0.0708 e. The lowest BCUT2D eigenvalue weighted by Gasteiger charge is -2.21. The van der Waals surface area contributed by atoms with Gasteiger partial charge >= 0.3 is 0 Å². The molecule has 0 N–H and O–H groups in total. The lowest BCUT2D eigenvalue weighted by molar-refractivity contribution is 1.51. The van der Waals surface area contributed by atoms with Gasteiger partial charge in [0.15, 0.2) is 0 Å². The molecule has 1 nitrogen and oxygen atoms in total. The van der Waals surface area contributed by atoms with Crippen LogP contribution in [0, 0.1) is 0 Å². The third kappa shape index (κ3) is 4.85. The Hall–Kier alpha value is -3.80. The van der Waals surface area contributed by atoms with Crippen molar-refractivity contribution in [3.05, 3.63) is 145 Å². The zero-order chi connectivity index (χ0) is 22.3. The third-order valence-electron chi connectivity index (χ3n) is 5.54. The highest BCUT2D eigenvalue weighted by Crippen LogP contribution is 2.34. The fourth-order valence-corrected chi connectivity index (χ4v) is 6.39. The molecule has 5 aromatic carbocycles. The number of nitrogens with zero attached hydrogens (tertiary/aromatic N) is 1. The first-order valence-electron chi connectivity index (χ1n) is 11.1. The van der Waals surface area contributed by atoms with Gasteiger partial charge in [-0.15, -0.1) is 0 Å². The predicted molar refractivity (Wildman–Crippen MR) is 144 cm³/mol. The highest BCUT2D eigenvalue weighted by molar-refractivity contribution is 7.80. The van der Waals surface area contributed by atoms with E-state index >= 15 is 0 Å². The van der Waals surface area contributed by atoms with Gasteiger partial charge in [-0.25, -0.2) is 0 Å². The van der Waals surface area contributed by atoms with Crippen LogP contribution >= 0.6 is 7.92 Å². The zero-order valence-electron chi connectivity index (χ0n) is 18.3. The number of benzene rings is 5. The van der Waals surface area contributed by atoms with Crippen molar-refractivity contribution in [2.45, 2.75) is 0 Å². The molecule has 2 heteroatoms. The Morgan fingerprint density at radius 2 is 1.00 bits per heavy atom. The van der Waals surface area contributed by atoms with Crippen LogP contribution in [0.1, 0.15) is 5.56 Å². The second-order valence-electron chi connectivity index (χ2n) is 7.71. The van der Waals surface area contributed by atoms with Crippen molar-refractivity contribution in [3.63, 3.8) is 0 Å². The average Bonchev–Trinajstić information content (AvgIpc) is 2.90. The third-order valence-corrected chi connectivity index (χ3v) is 8.06. The molecule has 33 heavy (non-hydrogen) atoms. The van der Waals surface area contributed by atoms with Crippen LogP contribution in [-0.2, 0) is 0 Å². The number of hydrogen-bond donors (Lipinski definition) is 0. The summed E-state index contributed by atoms with van der Waals surface area (Å²) in [6, 6.07) is 49.0. The quantitative estimate of drug-likeness (QED) is 0.202. The van der Waals surface area contributed by atoms with Crippen LogP contribution in [0.15, 0.2) is 145 Å². The second kappa shape index (κ2) is 10.2. The largest absolute Gasteiger partial charge is 0.256 e. The molecule has 0 atom stereocenters. The zero-order valence-corrected chi connectivity index (χ0v) is 19.1. The Morgan fingerprint density at radius 1 is 0.485 bits per heavy atom. The van der Waals surface area contributed by atoms with E-state index in [-0.39, 0.29) is 0 Å². The van der Waals surface area contributed by atoms with E-state index in [2.05, 4.69) is 127 Å². The van der Waals surface area contributed by atoms with E-state index in [0.717, 1.165) is 16.8 Å². The van der Waals surface area contributed by atoms with E-state index in [9.17, 15) is 0 Å². The monoisotopic (exact) mass is 441 g/mol. The van der Waals surface area contributed by atoms with E-state index < -0.39 is 7.92 Å². The molecular formula is C31H24NP. The number of para-hydroxylation sites is 1. The van der Waals surface area contributed by atoms with Crippen molar-refractivity contribution in [3.8, 4) is 11.1 Å². The summed E-state index contributed by atoms with van der Waals surface area (Å²) >= 11 is 0. The SMILES string of the molecule is C(=Nc1ccccc1-c1ccccc1)c1ccccc1P(c1ccccc1)c1ccccc1. The van der Waals surface area contributed by atoms with E-state index in [4.69, 9.17) is 4.99 Å². The Labute approximate surface area is 196 Å². The van der Waals surface area contributed by atoms with Gasteiger partial charge in [0.05, 0.1) is 5.69 Å². The predicted octanol–water partition coefficient (Wildman–Crippen LogP) is 6.86. The molecule has 158 valence electrons. The van der Waals surface area contributed by atoms with E-state index in [0.29, 0.717) is 0 Å². The Bertz CT molecular complexity index is 1310. The Kier molecular flexibility index (Phi) is 6.52. The van der Waals surface area contributed by atoms with Gasteiger partial charge in [-0.3, -0.25) is 4.99 Å². The van der Waals surface area contributed by atoms with Crippen LogP contribution in [-0.4, -0.2) is 6.21 Å². The molecule has 0 aliphatic carbocycles. The molecular weight excluding hydrogens is 417 g/mol. The lowest BCUT2D eigenvalue weighted by atomic mass is 10.0. The normalized spacial score (nSPS) is 11.2. The summed E-state index contributed by atoms with van der Waals surface area (Å²) in [6.07, 6.45) is 2.03. The van der Waals surface area contributed by atoms with E-state index in [1.54, 1.807) is 0 Å². The lowest BCUT2D eigenvalue weighted by Crippen LogP contribution is -2.23. The summed E-state index contributed by atoms with van der Waals surface area (Å²) in [7, 11) is -0.690. The van der Waals surface area contributed by atoms with E-state index in [1.807, 2.05) is 18.3 Å². The van der Waals surface area contributed by atoms with Gasteiger partial charge in [0.25, 0.3) is 0 Å². The van der Waals surface area contributed by atoms with Gasteiger partial charge in [-0.1, -0.05) is 133 Å². The van der Waals surface area contributed by atoms with Crippen LogP contribution in [0.4, 0.5) is 5.69 Å². The van der Waals surface area contributed by atoms with Crippen LogP contribution in [0.25, 0.3) is 11.1 Å². The number of hydrogen-bond acceptors (Lipinski definition) is 1. The van der Waals surface area contributed by atoms with Crippen LogP contribution < -0.4 is 15.9 Å². The molecule has 5 rings (SSSR count). The topological polar surface area (TPSA) is 12.4 Å². The maximum atomic E-state index is 4.97. The van der Waals surface area contributed by atoms with Crippen molar-refractivity contribution < 1.29 is 0 Å². The van der Waals surface area contributed by atoms with Crippen LogP contribution in [0.3, 0.4) is 0 Å². The number of aliphatic imine (C=N–C) groups is 1. The van der Waals surface area contributed by atoms with Gasteiger partial charge in [0, 0.05) is 17.3 Å². The first-order valence-corrected chi connectivity index (χ1v) is 12.4. The number of rotatable bonds is 6. The Balaban J connectivity index is 1.58. The molecule has 0 heterocycles. The molecule has 0 spiro atoms. The summed E-state index contributed by atoms with van der Waals surface area (Å²) < 4.78 is 0. The van der Waals surface area contributed by atoms with Crippen molar-refractivity contribution >= 4 is 35.7 Å². The summed E-state index contributed by atoms with van der Waals surface area (Å²) in [5.74, 6) is 0. The summed E-state index contributed by atoms with van der Waals surface area (Å²) in [6.45, 7) is 0. The summed E-state index contributed by atoms with van der Waals surface area (Å²) in [5, 5.41) is 3.99. The minimum Gasteiger partial charge on any atom is -0.256 e. The maximum Gasteiger partial charge on any atom is 0.0708 e. The first-order chi connectivity index (χ1) is 16.4. The van der Waals surface area contributed by atoms with Gasteiger partial charge < -0.3 is 0 Å². The molecule has 5 aromatic rings. The molecule has 0 saturated carbocycles. The van der Waals surface area contributed by atoms with Crippen molar-refractivity contribution in [2.24, 2.45) is 4.99 Å². The van der Waals surface area contributed by atoms with Gasteiger partial charge in [0.1, 0.15) is 0 Å². The molecule has 0 radical (unpaired) electrons. The average molecular weight is 442 g/mol. The fourth-order valence-electron chi connectivity index (χ4n) is 3.97. The summed E-state index contributed by atoms with van der Waals surface area (Å²) in [4.78, 5) is 4.97. The molecule has 0 unspecified atom stereocenters. The first kappa shape index (κ1) is 21.1. The Morgan fingerprint density at radius 3 is 1.67 bits per heavy atom. The van der Waals surface area contributed by atoms with Crippen LogP contribution in [0.2, 0.25) is 0 Å². The molecule has 0 bridgehead atoms. The minimum atomic E-state index is -0.690. The van der Waals surface area contributed by atoms with Crippen molar-refractivity contribution in [1.29, 1.82) is 0 Å². The summed E-state index contributed by atoms with van der Waals surface area (Å²) in [5.41, 5.74) is 4.44. The molecule has 0 fully saturated rings. The second-order valence-corrected chi connectivity index (χ2v) is 9.89. The highest BCUT2D eigenvalue weighted by atomic mass is 31.1. The van der Waals surface area contributed by atoms with Crippen molar-refractivity contribution in [2.75, 3.05) is 0 Å². The standard InChI is InChI=1S/C31H24NP/c1-4-14-25(15-5-1)29-21-11-12-22-30(29)32-24-26-16-10-13-23-31(26)33(27-17-6-2-7-18-27)28-19-8-3-9-20-28/h1-24H. The van der Waals surface area contributed by atoms with Crippen LogP contribution in [0.5, 0.6) is 0 Å². The van der Waals surface area contributed by atoms with E-state index in [1.165, 1.54) is 21.5 Å². The molecule has 0 aliphatic heterocycles. The molecule has 0 aliphatic rings. The highest BCUT2D eigenvalue weighted by Gasteiger charge is 2.18. The minimum absolute atomic E-state index is 0.690.